The van der Waals surface area contributed by atoms with E-state index in [1.807, 2.05) is 54.6 Å². The first kappa shape index (κ1) is 15.5. The maximum absolute atomic E-state index is 6.08. The Kier molecular flexibility index (Phi) is 3.70. The molecule has 0 unspecified atom stereocenters. The second-order valence-corrected chi connectivity index (χ2v) is 7.53. The Balaban J connectivity index is 1.88. The minimum Gasteiger partial charge on any atom is -0.226 e. The molecule has 5 rings (SSSR count). The number of aromatic nitrogens is 2. The van der Waals surface area contributed by atoms with Crippen molar-refractivity contribution in [3.05, 3.63) is 83.9 Å². The van der Waals surface area contributed by atoms with E-state index in [9.17, 15) is 0 Å². The Labute approximate surface area is 159 Å². The summed E-state index contributed by atoms with van der Waals surface area (Å²) in [5.74, 6) is 0.742. The summed E-state index contributed by atoms with van der Waals surface area (Å²) in [6.45, 7) is 0. The standard InChI is InChI=1S/C22H13ClN2S/c23-16-12-10-14(11-13-16)19-21-20(17-8-4-5-9-18(17)26-21)25-22(24-19)15-6-2-1-3-7-15/h1-13H. The SMILES string of the molecule is Clc1ccc(-c2nc(-c3ccccc3)nc3c2sc2ccccc23)cc1. The van der Waals surface area contributed by atoms with Gasteiger partial charge in [0, 0.05) is 26.2 Å². The van der Waals surface area contributed by atoms with Crippen LogP contribution < -0.4 is 0 Å². The molecule has 0 spiro atoms. The van der Waals surface area contributed by atoms with Crippen molar-refractivity contribution in [3.8, 4) is 22.6 Å². The quantitative estimate of drug-likeness (QED) is 0.339. The largest absolute Gasteiger partial charge is 0.226 e. The maximum atomic E-state index is 6.08. The van der Waals surface area contributed by atoms with Crippen molar-refractivity contribution in [3.63, 3.8) is 0 Å². The van der Waals surface area contributed by atoms with Gasteiger partial charge < -0.3 is 0 Å². The number of thiophene rings is 1. The number of hydrogen-bond acceptors (Lipinski definition) is 3. The molecule has 0 saturated carbocycles. The third-order valence-corrected chi connectivity index (χ3v) is 5.79. The second kappa shape index (κ2) is 6.20. The first-order chi connectivity index (χ1) is 12.8. The summed E-state index contributed by atoms with van der Waals surface area (Å²) in [7, 11) is 0. The van der Waals surface area contributed by atoms with Crippen molar-refractivity contribution in [2.45, 2.75) is 0 Å². The Morgan fingerprint density at radius 3 is 2.23 bits per heavy atom. The first-order valence-electron chi connectivity index (χ1n) is 8.30. The number of benzene rings is 3. The molecule has 4 heteroatoms. The zero-order valence-electron chi connectivity index (χ0n) is 13.7. The minimum absolute atomic E-state index is 0.721. The first-order valence-corrected chi connectivity index (χ1v) is 9.50. The lowest BCUT2D eigenvalue weighted by Gasteiger charge is -2.07. The van der Waals surface area contributed by atoms with Crippen LogP contribution in [0.1, 0.15) is 0 Å². The van der Waals surface area contributed by atoms with Crippen molar-refractivity contribution in [1.82, 2.24) is 9.97 Å². The molecule has 2 nitrogen and oxygen atoms in total. The number of hydrogen-bond donors (Lipinski definition) is 0. The van der Waals surface area contributed by atoms with E-state index in [2.05, 4.69) is 24.3 Å². The summed E-state index contributed by atoms with van der Waals surface area (Å²) in [6, 6.07) is 26.3. The average molecular weight is 373 g/mol. The highest BCUT2D eigenvalue weighted by Gasteiger charge is 2.16. The van der Waals surface area contributed by atoms with Crippen molar-refractivity contribution >= 4 is 43.2 Å². The maximum Gasteiger partial charge on any atom is 0.160 e. The van der Waals surface area contributed by atoms with Gasteiger partial charge in [-0.1, -0.05) is 72.3 Å². The lowest BCUT2D eigenvalue weighted by atomic mass is 10.1. The minimum atomic E-state index is 0.721. The van der Waals surface area contributed by atoms with Crippen LogP contribution in [0.15, 0.2) is 78.9 Å². The molecule has 0 atom stereocenters. The molecule has 26 heavy (non-hydrogen) atoms. The lowest BCUT2D eigenvalue weighted by Crippen LogP contribution is -1.93. The fourth-order valence-electron chi connectivity index (χ4n) is 3.11. The predicted octanol–water partition coefficient (Wildman–Crippen LogP) is 6.83. The van der Waals surface area contributed by atoms with E-state index in [4.69, 9.17) is 21.6 Å². The van der Waals surface area contributed by atoms with Crippen molar-refractivity contribution < 1.29 is 0 Å². The number of halogens is 1. The van der Waals surface area contributed by atoms with Crippen LogP contribution >= 0.6 is 22.9 Å². The highest BCUT2D eigenvalue weighted by Crippen LogP contribution is 2.39. The number of nitrogens with zero attached hydrogens (tertiary/aromatic N) is 2. The third kappa shape index (κ3) is 2.57. The molecule has 5 aromatic rings. The summed E-state index contributed by atoms with van der Waals surface area (Å²) in [5.41, 5.74) is 4.02. The molecular formula is C22H13ClN2S. The molecule has 0 fully saturated rings. The van der Waals surface area contributed by atoms with E-state index in [0.717, 1.165) is 37.9 Å². The van der Waals surface area contributed by atoms with Gasteiger partial charge in [0.25, 0.3) is 0 Å². The van der Waals surface area contributed by atoms with Crippen LogP contribution in [0.4, 0.5) is 0 Å². The van der Waals surface area contributed by atoms with Gasteiger partial charge in [-0.05, 0) is 18.2 Å². The zero-order chi connectivity index (χ0) is 17.5. The van der Waals surface area contributed by atoms with Crippen LogP contribution in [0.25, 0.3) is 42.9 Å². The lowest BCUT2D eigenvalue weighted by molar-refractivity contribution is 1.24. The van der Waals surface area contributed by atoms with Gasteiger partial charge in [0.05, 0.1) is 15.9 Å². The molecular weight excluding hydrogens is 360 g/mol. The van der Waals surface area contributed by atoms with Gasteiger partial charge in [0.15, 0.2) is 5.82 Å². The Hall–Kier alpha value is -2.75. The molecule has 0 aliphatic heterocycles. The molecule has 0 saturated heterocycles. The average Bonchev–Trinajstić information content (AvgIpc) is 3.07. The normalized spacial score (nSPS) is 11.3. The molecule has 3 aromatic carbocycles. The van der Waals surface area contributed by atoms with Gasteiger partial charge in [-0.2, -0.15) is 0 Å². The number of fused-ring (bicyclic) bond motifs is 3. The van der Waals surface area contributed by atoms with Crippen LogP contribution in [0.3, 0.4) is 0 Å². The van der Waals surface area contributed by atoms with Crippen LogP contribution in [-0.2, 0) is 0 Å². The van der Waals surface area contributed by atoms with Gasteiger partial charge in [0.2, 0.25) is 0 Å². The van der Waals surface area contributed by atoms with Crippen LogP contribution in [0.2, 0.25) is 5.02 Å². The van der Waals surface area contributed by atoms with E-state index in [0.29, 0.717) is 0 Å². The molecule has 124 valence electrons. The van der Waals surface area contributed by atoms with Gasteiger partial charge in [-0.25, -0.2) is 9.97 Å². The third-order valence-electron chi connectivity index (χ3n) is 4.37. The monoisotopic (exact) mass is 372 g/mol. The Morgan fingerprint density at radius 1 is 0.692 bits per heavy atom. The van der Waals surface area contributed by atoms with Crippen molar-refractivity contribution in [2.75, 3.05) is 0 Å². The van der Waals surface area contributed by atoms with E-state index in [1.165, 1.54) is 10.1 Å². The van der Waals surface area contributed by atoms with Gasteiger partial charge >= 0.3 is 0 Å². The highest BCUT2D eigenvalue weighted by molar-refractivity contribution is 7.26. The molecule has 0 amide bonds. The number of rotatable bonds is 2. The fraction of sp³-hybridized carbons (Fsp3) is 0. The molecule has 0 bridgehead atoms. The summed E-state index contributed by atoms with van der Waals surface area (Å²) in [6.07, 6.45) is 0. The summed E-state index contributed by atoms with van der Waals surface area (Å²) in [5, 5.41) is 1.89. The van der Waals surface area contributed by atoms with E-state index >= 15 is 0 Å². The van der Waals surface area contributed by atoms with Crippen LogP contribution in [0, 0.1) is 0 Å². The van der Waals surface area contributed by atoms with Crippen molar-refractivity contribution in [1.29, 1.82) is 0 Å². The topological polar surface area (TPSA) is 25.8 Å². The summed E-state index contributed by atoms with van der Waals surface area (Å²) >= 11 is 7.81. The Morgan fingerprint density at radius 2 is 1.42 bits per heavy atom. The van der Waals surface area contributed by atoms with Gasteiger partial charge in [-0.15, -0.1) is 11.3 Å². The molecule has 0 N–H and O–H groups in total. The molecule has 2 aromatic heterocycles. The van der Waals surface area contributed by atoms with E-state index in [-0.39, 0.29) is 0 Å². The molecule has 0 aliphatic carbocycles. The molecule has 0 radical (unpaired) electrons. The molecule has 0 aliphatic rings. The zero-order valence-corrected chi connectivity index (χ0v) is 15.3. The molecule has 2 heterocycles. The van der Waals surface area contributed by atoms with Gasteiger partial charge in [0.1, 0.15) is 0 Å². The van der Waals surface area contributed by atoms with Crippen LogP contribution in [0.5, 0.6) is 0 Å². The van der Waals surface area contributed by atoms with Crippen molar-refractivity contribution in [2.24, 2.45) is 0 Å². The Bertz CT molecular complexity index is 1230. The van der Waals surface area contributed by atoms with Crippen LogP contribution in [-0.4, -0.2) is 9.97 Å². The highest BCUT2D eigenvalue weighted by atomic mass is 35.5. The fourth-order valence-corrected chi connectivity index (χ4v) is 4.39. The second-order valence-electron chi connectivity index (χ2n) is 6.04. The smallest absolute Gasteiger partial charge is 0.160 e. The van der Waals surface area contributed by atoms with Gasteiger partial charge in [-0.3, -0.25) is 0 Å². The summed E-state index contributed by atoms with van der Waals surface area (Å²) in [4.78, 5) is 9.83. The predicted molar refractivity (Wildman–Crippen MR) is 111 cm³/mol. The summed E-state index contributed by atoms with van der Waals surface area (Å²) < 4.78 is 2.32. The van der Waals surface area contributed by atoms with E-state index in [1.54, 1.807) is 11.3 Å². The van der Waals surface area contributed by atoms with E-state index < -0.39 is 0 Å².